The lowest BCUT2D eigenvalue weighted by atomic mass is 10.1. The summed E-state index contributed by atoms with van der Waals surface area (Å²) in [6.07, 6.45) is 1.79. The molecule has 0 saturated carbocycles. The molecule has 1 N–H and O–H groups in total. The summed E-state index contributed by atoms with van der Waals surface area (Å²) >= 11 is 7.71. The summed E-state index contributed by atoms with van der Waals surface area (Å²) in [5.74, 6) is 0.597. The van der Waals surface area contributed by atoms with Gasteiger partial charge in [0.25, 0.3) is 0 Å². The molecule has 0 aliphatic rings. The van der Waals surface area contributed by atoms with E-state index < -0.39 is 0 Å². The zero-order valence-electron chi connectivity index (χ0n) is 10.8. The molecule has 0 atom stereocenters. The van der Waals surface area contributed by atoms with E-state index in [1.165, 1.54) is 0 Å². The quantitative estimate of drug-likeness (QED) is 0.935. The van der Waals surface area contributed by atoms with Crippen LogP contribution in [0.25, 0.3) is 0 Å². The van der Waals surface area contributed by atoms with Gasteiger partial charge in [0.1, 0.15) is 5.01 Å². The summed E-state index contributed by atoms with van der Waals surface area (Å²) in [6, 6.07) is 0. The van der Waals surface area contributed by atoms with E-state index in [4.69, 9.17) is 11.6 Å². The first-order chi connectivity index (χ1) is 8.40. The summed E-state index contributed by atoms with van der Waals surface area (Å²) in [6.45, 7) is 7.89. The van der Waals surface area contributed by atoms with E-state index in [0.29, 0.717) is 11.0 Å². The van der Waals surface area contributed by atoms with Gasteiger partial charge in [0.05, 0.1) is 16.9 Å². The zero-order valence-corrected chi connectivity index (χ0v) is 12.4. The van der Waals surface area contributed by atoms with Crippen LogP contribution in [-0.2, 0) is 5.54 Å². The van der Waals surface area contributed by atoms with Crippen LogP contribution in [0.3, 0.4) is 0 Å². The van der Waals surface area contributed by atoms with Crippen LogP contribution in [0, 0.1) is 13.8 Å². The molecular weight excluding hydrogens is 268 g/mol. The van der Waals surface area contributed by atoms with Gasteiger partial charge in [0.2, 0.25) is 0 Å². The Morgan fingerprint density at radius 3 is 2.50 bits per heavy atom. The van der Waals surface area contributed by atoms with E-state index in [-0.39, 0.29) is 5.54 Å². The molecule has 0 radical (unpaired) electrons. The van der Waals surface area contributed by atoms with E-state index in [1.807, 2.05) is 33.1 Å². The van der Waals surface area contributed by atoms with Crippen LogP contribution in [0.1, 0.15) is 30.2 Å². The minimum absolute atomic E-state index is 0.325. The van der Waals surface area contributed by atoms with Crippen LogP contribution in [0.5, 0.6) is 0 Å². The monoisotopic (exact) mass is 282 g/mol. The van der Waals surface area contributed by atoms with Gasteiger partial charge < -0.3 is 5.32 Å². The summed E-state index contributed by atoms with van der Waals surface area (Å²) in [7, 11) is 0. The van der Waals surface area contributed by atoms with E-state index in [9.17, 15) is 0 Å². The second-order valence-corrected chi connectivity index (χ2v) is 5.87. The van der Waals surface area contributed by atoms with Crippen molar-refractivity contribution < 1.29 is 0 Å². The minimum atomic E-state index is -0.325. The molecule has 6 heteroatoms. The highest BCUT2D eigenvalue weighted by Crippen LogP contribution is 2.29. The lowest BCUT2D eigenvalue weighted by molar-refractivity contribution is 0.600. The van der Waals surface area contributed by atoms with E-state index in [2.05, 4.69) is 20.3 Å². The van der Waals surface area contributed by atoms with Crippen molar-refractivity contribution in [2.45, 2.75) is 33.2 Å². The molecule has 0 bridgehead atoms. The van der Waals surface area contributed by atoms with Crippen LogP contribution in [0.4, 0.5) is 5.82 Å². The predicted molar refractivity (Wildman–Crippen MR) is 75.3 cm³/mol. The maximum atomic E-state index is 6.12. The van der Waals surface area contributed by atoms with Crippen molar-refractivity contribution in [1.29, 1.82) is 0 Å². The van der Waals surface area contributed by atoms with Gasteiger partial charge in [-0.25, -0.2) is 15.0 Å². The van der Waals surface area contributed by atoms with Crippen molar-refractivity contribution in [2.75, 3.05) is 5.32 Å². The lowest BCUT2D eigenvalue weighted by Crippen LogP contribution is -2.28. The first-order valence-corrected chi connectivity index (χ1v) is 6.85. The fourth-order valence-electron chi connectivity index (χ4n) is 1.54. The Morgan fingerprint density at radius 1 is 1.22 bits per heavy atom. The van der Waals surface area contributed by atoms with E-state index in [0.717, 1.165) is 16.4 Å². The number of aryl methyl sites for hydroxylation is 2. The number of rotatable bonds is 3. The molecule has 96 valence electrons. The summed E-state index contributed by atoms with van der Waals surface area (Å²) in [5, 5.41) is 6.63. The van der Waals surface area contributed by atoms with Gasteiger partial charge in [0, 0.05) is 11.6 Å². The molecule has 2 aromatic rings. The van der Waals surface area contributed by atoms with E-state index >= 15 is 0 Å². The molecule has 0 spiro atoms. The highest BCUT2D eigenvalue weighted by molar-refractivity contribution is 7.09. The molecule has 18 heavy (non-hydrogen) atoms. The molecule has 0 amide bonds. The second kappa shape index (κ2) is 4.82. The minimum Gasteiger partial charge on any atom is -0.356 e. The fourth-order valence-corrected chi connectivity index (χ4v) is 2.47. The molecule has 0 aliphatic carbocycles. The summed E-state index contributed by atoms with van der Waals surface area (Å²) in [5.41, 5.74) is 1.39. The molecule has 0 aromatic carbocycles. The normalized spacial score (nSPS) is 11.6. The first kappa shape index (κ1) is 13.2. The highest BCUT2D eigenvalue weighted by Gasteiger charge is 2.25. The number of hydrogen-bond donors (Lipinski definition) is 1. The molecule has 2 heterocycles. The van der Waals surface area contributed by atoms with Gasteiger partial charge in [0.15, 0.2) is 11.0 Å². The topological polar surface area (TPSA) is 50.7 Å². The van der Waals surface area contributed by atoms with Crippen molar-refractivity contribution in [3.63, 3.8) is 0 Å². The standard InChI is InChI=1S/C12H15ClN4S/c1-7-8(2)16-10(9(13)15-7)17-12(3,4)11-14-5-6-18-11/h5-6H,1-4H3,(H,16,17). The Kier molecular flexibility index (Phi) is 3.54. The number of aromatic nitrogens is 3. The summed E-state index contributed by atoms with van der Waals surface area (Å²) < 4.78 is 0. The average Bonchev–Trinajstić information content (AvgIpc) is 2.79. The predicted octanol–water partition coefficient (Wildman–Crippen LogP) is 3.55. The molecular formula is C12H15ClN4S. The van der Waals surface area contributed by atoms with Gasteiger partial charge in [-0.15, -0.1) is 11.3 Å². The maximum absolute atomic E-state index is 6.12. The van der Waals surface area contributed by atoms with Crippen molar-refractivity contribution in [3.05, 3.63) is 33.1 Å². The Balaban J connectivity index is 2.32. The number of nitrogens with one attached hydrogen (secondary N) is 1. The lowest BCUT2D eigenvalue weighted by Gasteiger charge is -2.25. The van der Waals surface area contributed by atoms with Crippen molar-refractivity contribution >= 4 is 28.8 Å². The SMILES string of the molecule is Cc1nc(Cl)c(NC(C)(C)c2nccs2)nc1C. The van der Waals surface area contributed by atoms with Gasteiger partial charge in [-0.3, -0.25) is 0 Å². The third kappa shape index (κ3) is 2.62. The molecule has 0 saturated heterocycles. The first-order valence-electron chi connectivity index (χ1n) is 5.59. The largest absolute Gasteiger partial charge is 0.356 e. The smallest absolute Gasteiger partial charge is 0.171 e. The molecule has 0 unspecified atom stereocenters. The zero-order chi connectivity index (χ0) is 13.3. The number of nitrogens with zero attached hydrogens (tertiary/aromatic N) is 3. The van der Waals surface area contributed by atoms with Crippen LogP contribution >= 0.6 is 22.9 Å². The van der Waals surface area contributed by atoms with Gasteiger partial charge in [-0.05, 0) is 27.7 Å². The van der Waals surface area contributed by atoms with Crippen molar-refractivity contribution in [1.82, 2.24) is 15.0 Å². The molecule has 0 aliphatic heterocycles. The van der Waals surface area contributed by atoms with Crippen molar-refractivity contribution in [2.24, 2.45) is 0 Å². The third-order valence-electron chi connectivity index (χ3n) is 2.66. The van der Waals surface area contributed by atoms with Crippen molar-refractivity contribution in [3.8, 4) is 0 Å². The number of thiazole rings is 1. The van der Waals surface area contributed by atoms with E-state index in [1.54, 1.807) is 17.5 Å². The summed E-state index contributed by atoms with van der Waals surface area (Å²) in [4.78, 5) is 13.0. The van der Waals surface area contributed by atoms with Gasteiger partial charge in [-0.1, -0.05) is 11.6 Å². The fraction of sp³-hybridized carbons (Fsp3) is 0.417. The van der Waals surface area contributed by atoms with Crippen LogP contribution < -0.4 is 5.32 Å². The number of anilines is 1. The third-order valence-corrected chi connectivity index (χ3v) is 4.02. The number of halogens is 1. The Labute approximate surface area is 115 Å². The Hall–Kier alpha value is -1.20. The highest BCUT2D eigenvalue weighted by atomic mass is 35.5. The maximum Gasteiger partial charge on any atom is 0.171 e. The van der Waals surface area contributed by atoms with Crippen LogP contribution in [-0.4, -0.2) is 15.0 Å². The molecule has 4 nitrogen and oxygen atoms in total. The average molecular weight is 283 g/mol. The van der Waals surface area contributed by atoms with Gasteiger partial charge in [-0.2, -0.15) is 0 Å². The molecule has 2 aromatic heterocycles. The molecule has 2 rings (SSSR count). The Bertz CT molecular complexity index is 551. The molecule has 0 fully saturated rings. The second-order valence-electron chi connectivity index (χ2n) is 4.62. The Morgan fingerprint density at radius 2 is 1.89 bits per heavy atom. The number of hydrogen-bond acceptors (Lipinski definition) is 5. The van der Waals surface area contributed by atoms with Crippen LogP contribution in [0.15, 0.2) is 11.6 Å². The van der Waals surface area contributed by atoms with Crippen LogP contribution in [0.2, 0.25) is 5.15 Å². The van der Waals surface area contributed by atoms with Gasteiger partial charge >= 0.3 is 0 Å².